The SMILES string of the molecule is CC(C)C1Oc2ccc(Cl)cc2C(C(=O)NCC(=O)O)N(Cc2cccc(C(F)(F)F)c2)C1=O. The number of carbonyl (C=O) groups excluding carboxylic acids is 2. The van der Waals surface area contributed by atoms with E-state index in [4.69, 9.17) is 21.4 Å². The highest BCUT2D eigenvalue weighted by Crippen LogP contribution is 2.38. The zero-order chi connectivity index (χ0) is 25.2. The molecular weight excluding hydrogens is 477 g/mol. The summed E-state index contributed by atoms with van der Waals surface area (Å²) < 4.78 is 45.6. The van der Waals surface area contributed by atoms with Gasteiger partial charge in [0.1, 0.15) is 18.3 Å². The molecule has 1 aliphatic heterocycles. The number of hydrogen-bond donors (Lipinski definition) is 2. The van der Waals surface area contributed by atoms with Crippen LogP contribution >= 0.6 is 11.6 Å². The second-order valence-electron chi connectivity index (χ2n) is 8.14. The van der Waals surface area contributed by atoms with Gasteiger partial charge >= 0.3 is 12.1 Å². The fraction of sp³-hybridized carbons (Fsp3) is 0.348. The number of carboxylic acids is 1. The summed E-state index contributed by atoms with van der Waals surface area (Å²) in [5, 5.41) is 11.5. The topological polar surface area (TPSA) is 95.9 Å². The molecule has 1 aliphatic rings. The Morgan fingerprint density at radius 3 is 2.53 bits per heavy atom. The van der Waals surface area contributed by atoms with Gasteiger partial charge in [0, 0.05) is 17.1 Å². The zero-order valence-corrected chi connectivity index (χ0v) is 19.0. The van der Waals surface area contributed by atoms with Gasteiger partial charge in [0.05, 0.1) is 5.56 Å². The van der Waals surface area contributed by atoms with E-state index in [1.807, 2.05) is 0 Å². The average molecular weight is 499 g/mol. The highest BCUT2D eigenvalue weighted by atomic mass is 35.5. The Balaban J connectivity index is 2.13. The van der Waals surface area contributed by atoms with Crippen molar-refractivity contribution in [2.45, 2.75) is 38.7 Å². The van der Waals surface area contributed by atoms with E-state index >= 15 is 0 Å². The van der Waals surface area contributed by atoms with Crippen molar-refractivity contribution >= 4 is 29.4 Å². The predicted molar refractivity (Wildman–Crippen MR) is 116 cm³/mol. The van der Waals surface area contributed by atoms with Crippen LogP contribution in [0.3, 0.4) is 0 Å². The van der Waals surface area contributed by atoms with E-state index in [9.17, 15) is 27.6 Å². The monoisotopic (exact) mass is 498 g/mol. The lowest BCUT2D eigenvalue weighted by molar-refractivity contribution is -0.147. The summed E-state index contributed by atoms with van der Waals surface area (Å²) in [5.74, 6) is -2.92. The quantitative estimate of drug-likeness (QED) is 0.626. The molecule has 34 heavy (non-hydrogen) atoms. The van der Waals surface area contributed by atoms with Gasteiger partial charge in [-0.2, -0.15) is 13.2 Å². The molecule has 2 aromatic carbocycles. The Morgan fingerprint density at radius 1 is 1.21 bits per heavy atom. The number of benzene rings is 2. The highest BCUT2D eigenvalue weighted by molar-refractivity contribution is 6.30. The van der Waals surface area contributed by atoms with Crippen LogP contribution < -0.4 is 10.1 Å². The van der Waals surface area contributed by atoms with E-state index in [2.05, 4.69) is 5.32 Å². The lowest BCUT2D eigenvalue weighted by atomic mass is 10.0. The molecule has 2 N–H and O–H groups in total. The molecule has 11 heteroatoms. The number of carboxylic acid groups (broad SMARTS) is 1. The summed E-state index contributed by atoms with van der Waals surface area (Å²) in [6.45, 7) is 2.38. The van der Waals surface area contributed by atoms with Crippen molar-refractivity contribution in [1.29, 1.82) is 0 Å². The van der Waals surface area contributed by atoms with E-state index in [0.717, 1.165) is 17.0 Å². The van der Waals surface area contributed by atoms with E-state index < -0.39 is 48.2 Å². The minimum absolute atomic E-state index is 0.132. The van der Waals surface area contributed by atoms with Gasteiger partial charge in [-0.25, -0.2) is 0 Å². The van der Waals surface area contributed by atoms with Crippen molar-refractivity contribution in [2.75, 3.05) is 6.54 Å². The van der Waals surface area contributed by atoms with Crippen LogP contribution in [0.1, 0.15) is 36.6 Å². The first-order chi connectivity index (χ1) is 15.9. The minimum Gasteiger partial charge on any atom is -0.480 e. The fourth-order valence-electron chi connectivity index (χ4n) is 3.66. The number of ether oxygens (including phenoxy) is 1. The number of amides is 2. The summed E-state index contributed by atoms with van der Waals surface area (Å²) in [6.07, 6.45) is -5.64. The van der Waals surface area contributed by atoms with Gasteiger partial charge in [0.2, 0.25) is 5.91 Å². The maximum atomic E-state index is 13.5. The van der Waals surface area contributed by atoms with Gasteiger partial charge in [0.25, 0.3) is 5.91 Å². The molecule has 2 aromatic rings. The number of rotatable bonds is 6. The van der Waals surface area contributed by atoms with Gasteiger partial charge in [0.15, 0.2) is 6.10 Å². The number of fused-ring (bicyclic) bond motifs is 1. The van der Waals surface area contributed by atoms with Crippen molar-refractivity contribution in [3.63, 3.8) is 0 Å². The molecule has 0 saturated heterocycles. The van der Waals surface area contributed by atoms with Crippen LogP contribution in [0.2, 0.25) is 5.02 Å². The molecule has 3 rings (SSSR count). The van der Waals surface area contributed by atoms with Crippen LogP contribution in [0.15, 0.2) is 42.5 Å². The van der Waals surface area contributed by atoms with Crippen LogP contribution in [-0.4, -0.2) is 40.4 Å². The number of aliphatic carboxylic acids is 1. The van der Waals surface area contributed by atoms with Gasteiger partial charge < -0.3 is 20.1 Å². The van der Waals surface area contributed by atoms with E-state index in [1.54, 1.807) is 13.8 Å². The summed E-state index contributed by atoms with van der Waals surface area (Å²) in [5.41, 5.74) is -0.578. The lowest BCUT2D eigenvalue weighted by Gasteiger charge is -2.31. The number of halogens is 4. The van der Waals surface area contributed by atoms with E-state index in [0.29, 0.717) is 0 Å². The molecular formula is C23H22ClF3N2O5. The average Bonchev–Trinajstić information content (AvgIpc) is 2.86. The van der Waals surface area contributed by atoms with Crippen LogP contribution in [0.25, 0.3) is 0 Å². The van der Waals surface area contributed by atoms with E-state index in [-0.39, 0.29) is 34.4 Å². The summed E-state index contributed by atoms with van der Waals surface area (Å²) in [6, 6.07) is 7.44. The lowest BCUT2D eigenvalue weighted by Crippen LogP contribution is -2.48. The molecule has 2 atom stereocenters. The van der Waals surface area contributed by atoms with Crippen molar-refractivity contribution in [3.8, 4) is 5.75 Å². The Hall–Kier alpha value is -3.27. The smallest absolute Gasteiger partial charge is 0.416 e. The molecule has 1 heterocycles. The van der Waals surface area contributed by atoms with Gasteiger partial charge in [-0.3, -0.25) is 14.4 Å². The molecule has 0 aliphatic carbocycles. The molecule has 0 aromatic heterocycles. The summed E-state index contributed by atoms with van der Waals surface area (Å²) in [4.78, 5) is 38.8. The second kappa shape index (κ2) is 9.92. The molecule has 0 saturated carbocycles. The highest BCUT2D eigenvalue weighted by Gasteiger charge is 2.42. The molecule has 0 radical (unpaired) electrons. The molecule has 182 valence electrons. The van der Waals surface area contributed by atoms with Crippen LogP contribution in [0, 0.1) is 5.92 Å². The Bertz CT molecular complexity index is 1110. The number of carbonyl (C=O) groups is 3. The number of alkyl halides is 3. The normalized spacial score (nSPS) is 18.2. The maximum absolute atomic E-state index is 13.5. The first kappa shape index (κ1) is 25.4. The molecule has 0 spiro atoms. The number of nitrogens with one attached hydrogen (secondary N) is 1. The molecule has 2 unspecified atom stereocenters. The summed E-state index contributed by atoms with van der Waals surface area (Å²) >= 11 is 6.13. The number of hydrogen-bond acceptors (Lipinski definition) is 4. The van der Waals surface area contributed by atoms with Gasteiger partial charge in [-0.05, 0) is 41.8 Å². The van der Waals surface area contributed by atoms with Crippen molar-refractivity contribution in [2.24, 2.45) is 5.92 Å². The maximum Gasteiger partial charge on any atom is 0.416 e. The second-order valence-corrected chi connectivity index (χ2v) is 8.58. The van der Waals surface area contributed by atoms with Crippen molar-refractivity contribution < 1.29 is 37.4 Å². The Morgan fingerprint density at radius 2 is 1.91 bits per heavy atom. The van der Waals surface area contributed by atoms with Crippen LogP contribution in [0.5, 0.6) is 5.75 Å². The molecule has 2 amide bonds. The zero-order valence-electron chi connectivity index (χ0n) is 18.2. The molecule has 0 fully saturated rings. The molecule has 7 nitrogen and oxygen atoms in total. The first-order valence-corrected chi connectivity index (χ1v) is 10.7. The molecule has 0 bridgehead atoms. The standard InChI is InChI=1S/C23H22ClF3N2O5/c1-12(2)20-22(33)29(11-13-4-3-5-14(8-13)23(25,26)27)19(21(32)28-10-18(30)31)16-9-15(24)6-7-17(16)34-20/h3-9,12,19-20H,10-11H2,1-2H3,(H,28,32)(H,30,31). The Kier molecular flexibility index (Phi) is 7.40. The first-order valence-electron chi connectivity index (χ1n) is 10.3. The van der Waals surface area contributed by atoms with Gasteiger partial charge in [-0.1, -0.05) is 37.6 Å². The number of nitrogens with zero attached hydrogens (tertiary/aromatic N) is 1. The predicted octanol–water partition coefficient (Wildman–Crippen LogP) is 4.05. The van der Waals surface area contributed by atoms with E-state index in [1.165, 1.54) is 30.3 Å². The van der Waals surface area contributed by atoms with Gasteiger partial charge in [-0.15, -0.1) is 0 Å². The minimum atomic E-state index is -4.60. The van der Waals surface area contributed by atoms with Crippen molar-refractivity contribution in [1.82, 2.24) is 10.2 Å². The summed E-state index contributed by atoms with van der Waals surface area (Å²) in [7, 11) is 0. The largest absolute Gasteiger partial charge is 0.480 e. The third-order valence-electron chi connectivity index (χ3n) is 5.23. The fourth-order valence-corrected chi connectivity index (χ4v) is 3.84. The Labute approximate surface area is 198 Å². The van der Waals surface area contributed by atoms with Crippen LogP contribution in [0.4, 0.5) is 13.2 Å². The third kappa shape index (κ3) is 5.61. The van der Waals surface area contributed by atoms with Crippen LogP contribution in [-0.2, 0) is 27.1 Å². The van der Waals surface area contributed by atoms with Crippen molar-refractivity contribution in [3.05, 3.63) is 64.2 Å². The third-order valence-corrected chi connectivity index (χ3v) is 5.47.